The highest BCUT2D eigenvalue weighted by Gasteiger charge is 2.17. The molecule has 0 saturated heterocycles. The number of pyridine rings is 1. The number of benzene rings is 2. The van der Waals surface area contributed by atoms with Crippen molar-refractivity contribution in [1.82, 2.24) is 4.98 Å². The molecule has 3 aromatic rings. The number of primary sulfonamides is 1. The second kappa shape index (κ2) is 6.30. The van der Waals surface area contributed by atoms with E-state index in [-0.39, 0.29) is 27.3 Å². The highest BCUT2D eigenvalue weighted by atomic mass is 32.2. The first kappa shape index (κ1) is 17.1. The van der Waals surface area contributed by atoms with Gasteiger partial charge in [-0.1, -0.05) is 6.07 Å². The third-order valence-electron chi connectivity index (χ3n) is 3.50. The first-order valence-electron chi connectivity index (χ1n) is 7.00. The van der Waals surface area contributed by atoms with E-state index in [9.17, 15) is 21.6 Å². The Balaban J connectivity index is 2.27. The lowest BCUT2D eigenvalue weighted by molar-refractivity contribution is 0.584. The summed E-state index contributed by atoms with van der Waals surface area (Å²) in [4.78, 5) is 3.75. The molecule has 0 aliphatic carbocycles. The van der Waals surface area contributed by atoms with Crippen LogP contribution >= 0.6 is 0 Å². The van der Waals surface area contributed by atoms with Crippen molar-refractivity contribution in [1.29, 1.82) is 0 Å². The van der Waals surface area contributed by atoms with E-state index in [1.54, 1.807) is 0 Å². The molecule has 2 aromatic carbocycles. The molecule has 3 rings (SSSR count). The minimum atomic E-state index is -4.06. The number of hydrogen-bond donors (Lipinski definition) is 1. The molecule has 0 amide bonds. The van der Waals surface area contributed by atoms with Gasteiger partial charge in [0.05, 0.1) is 10.6 Å². The third-order valence-corrected chi connectivity index (χ3v) is 4.41. The average Bonchev–Trinajstić information content (AvgIpc) is 2.53. The lowest BCUT2D eigenvalue weighted by atomic mass is 9.99. The molecule has 0 saturated carbocycles. The highest BCUT2D eigenvalue weighted by molar-refractivity contribution is 7.89. The number of nitrogens with two attached hydrogens (primary N) is 1. The van der Waals surface area contributed by atoms with Crippen molar-refractivity contribution in [3.05, 3.63) is 72.2 Å². The summed E-state index contributed by atoms with van der Waals surface area (Å²) in [5, 5.41) is 5.07. The van der Waals surface area contributed by atoms with Crippen molar-refractivity contribution >= 4 is 10.0 Å². The van der Waals surface area contributed by atoms with Crippen LogP contribution in [0, 0.1) is 17.5 Å². The van der Waals surface area contributed by atoms with E-state index in [0.717, 1.165) is 30.3 Å². The number of halogens is 3. The van der Waals surface area contributed by atoms with Gasteiger partial charge in [-0.05, 0) is 42.0 Å². The fourth-order valence-corrected chi connectivity index (χ4v) is 2.96. The summed E-state index contributed by atoms with van der Waals surface area (Å²) in [7, 11) is -4.06. The second-order valence-corrected chi connectivity index (χ2v) is 6.81. The van der Waals surface area contributed by atoms with Crippen molar-refractivity contribution in [2.24, 2.45) is 5.14 Å². The van der Waals surface area contributed by atoms with Crippen LogP contribution in [0.15, 0.2) is 59.6 Å². The molecule has 0 aliphatic heterocycles. The number of rotatable bonds is 3. The Labute approximate surface area is 141 Å². The van der Waals surface area contributed by atoms with Crippen LogP contribution in [0.1, 0.15) is 0 Å². The van der Waals surface area contributed by atoms with Crippen molar-refractivity contribution in [2.45, 2.75) is 4.90 Å². The minimum absolute atomic E-state index is 0.0375. The molecule has 0 spiro atoms. The minimum Gasteiger partial charge on any atom is -0.255 e. The van der Waals surface area contributed by atoms with Crippen molar-refractivity contribution in [3.8, 4) is 22.4 Å². The Hall–Kier alpha value is -2.71. The van der Waals surface area contributed by atoms with Gasteiger partial charge < -0.3 is 0 Å². The molecule has 1 aromatic heterocycles. The van der Waals surface area contributed by atoms with Gasteiger partial charge in [0, 0.05) is 23.4 Å². The molecule has 0 aliphatic rings. The average molecular weight is 364 g/mol. The zero-order valence-corrected chi connectivity index (χ0v) is 13.4. The van der Waals surface area contributed by atoms with Crippen LogP contribution in [0.25, 0.3) is 22.4 Å². The lowest BCUT2D eigenvalue weighted by Gasteiger charge is -2.11. The molecule has 8 heteroatoms. The van der Waals surface area contributed by atoms with Crippen LogP contribution in [0.3, 0.4) is 0 Å². The van der Waals surface area contributed by atoms with Crippen LogP contribution in [0.2, 0.25) is 0 Å². The molecule has 25 heavy (non-hydrogen) atoms. The van der Waals surface area contributed by atoms with Gasteiger partial charge in [-0.15, -0.1) is 0 Å². The molecule has 0 unspecified atom stereocenters. The van der Waals surface area contributed by atoms with Gasteiger partial charge in [-0.2, -0.15) is 0 Å². The van der Waals surface area contributed by atoms with Gasteiger partial charge in [-0.3, -0.25) is 4.98 Å². The van der Waals surface area contributed by atoms with Crippen molar-refractivity contribution in [3.63, 3.8) is 0 Å². The summed E-state index contributed by atoms with van der Waals surface area (Å²) in [6.07, 6.45) is 1.36. The molecular weight excluding hydrogens is 353 g/mol. The van der Waals surface area contributed by atoms with Crippen molar-refractivity contribution < 1.29 is 21.6 Å². The first-order valence-corrected chi connectivity index (χ1v) is 8.54. The Morgan fingerprint density at radius 1 is 0.880 bits per heavy atom. The molecule has 2 N–H and O–H groups in total. The van der Waals surface area contributed by atoms with Crippen LogP contribution < -0.4 is 5.14 Å². The molecular formula is C17H11F3N2O2S. The topological polar surface area (TPSA) is 73.1 Å². The summed E-state index contributed by atoms with van der Waals surface area (Å²) in [5.74, 6) is -2.35. The standard InChI is InChI=1S/C17H11F3N2O2S/c18-11-6-10(7-12(19)8-11)14-2-1-5-22-17(14)15-9-13(25(21,23)24)3-4-16(15)20/h1-9H,(H2,21,23,24). The molecule has 0 atom stereocenters. The summed E-state index contributed by atoms with van der Waals surface area (Å²) < 4.78 is 64.3. The highest BCUT2D eigenvalue weighted by Crippen LogP contribution is 2.33. The van der Waals surface area contributed by atoms with E-state index in [1.807, 2.05) is 0 Å². The van der Waals surface area contributed by atoms with Gasteiger partial charge in [0.25, 0.3) is 0 Å². The quantitative estimate of drug-likeness (QED) is 0.773. The van der Waals surface area contributed by atoms with Crippen LogP contribution in [-0.4, -0.2) is 13.4 Å². The Morgan fingerprint density at radius 3 is 2.20 bits per heavy atom. The monoisotopic (exact) mass is 364 g/mol. The zero-order valence-electron chi connectivity index (χ0n) is 12.6. The fourth-order valence-electron chi connectivity index (χ4n) is 2.43. The molecule has 0 radical (unpaired) electrons. The van der Waals surface area contributed by atoms with Gasteiger partial charge in [0.15, 0.2) is 0 Å². The van der Waals surface area contributed by atoms with E-state index in [0.29, 0.717) is 6.07 Å². The van der Waals surface area contributed by atoms with E-state index in [2.05, 4.69) is 4.98 Å². The van der Waals surface area contributed by atoms with Gasteiger partial charge >= 0.3 is 0 Å². The predicted octanol–water partition coefficient (Wildman–Crippen LogP) is 3.48. The van der Waals surface area contributed by atoms with Crippen LogP contribution in [0.4, 0.5) is 13.2 Å². The van der Waals surface area contributed by atoms with Crippen LogP contribution in [-0.2, 0) is 10.0 Å². The number of aromatic nitrogens is 1. The van der Waals surface area contributed by atoms with Crippen molar-refractivity contribution in [2.75, 3.05) is 0 Å². The molecule has 128 valence electrons. The maximum absolute atomic E-state index is 14.3. The third kappa shape index (κ3) is 3.54. The zero-order chi connectivity index (χ0) is 18.2. The SMILES string of the molecule is NS(=O)(=O)c1ccc(F)c(-c2ncccc2-c2cc(F)cc(F)c2)c1. The molecule has 0 fully saturated rings. The largest absolute Gasteiger partial charge is 0.255 e. The number of sulfonamides is 1. The Kier molecular flexibility index (Phi) is 4.32. The number of nitrogens with zero attached hydrogens (tertiary/aromatic N) is 1. The first-order chi connectivity index (χ1) is 11.8. The van der Waals surface area contributed by atoms with E-state index in [4.69, 9.17) is 5.14 Å². The normalized spacial score (nSPS) is 11.5. The van der Waals surface area contributed by atoms with E-state index < -0.39 is 27.5 Å². The predicted molar refractivity (Wildman–Crippen MR) is 86.4 cm³/mol. The van der Waals surface area contributed by atoms with Gasteiger partial charge in [0.2, 0.25) is 10.0 Å². The lowest BCUT2D eigenvalue weighted by Crippen LogP contribution is -2.12. The van der Waals surface area contributed by atoms with Gasteiger partial charge in [-0.25, -0.2) is 26.7 Å². The summed E-state index contributed by atoms with van der Waals surface area (Å²) in [5.41, 5.74) is 0.273. The smallest absolute Gasteiger partial charge is 0.238 e. The summed E-state index contributed by atoms with van der Waals surface area (Å²) in [6.45, 7) is 0. The van der Waals surface area contributed by atoms with E-state index >= 15 is 0 Å². The fraction of sp³-hybridized carbons (Fsp3) is 0. The maximum Gasteiger partial charge on any atom is 0.238 e. The molecule has 1 heterocycles. The second-order valence-electron chi connectivity index (χ2n) is 5.24. The molecule has 4 nitrogen and oxygen atoms in total. The summed E-state index contributed by atoms with van der Waals surface area (Å²) in [6, 6.07) is 8.88. The van der Waals surface area contributed by atoms with E-state index in [1.165, 1.54) is 18.3 Å². The van der Waals surface area contributed by atoms with Crippen LogP contribution in [0.5, 0.6) is 0 Å². The Morgan fingerprint density at radius 2 is 1.56 bits per heavy atom. The number of hydrogen-bond acceptors (Lipinski definition) is 3. The molecule has 0 bridgehead atoms. The van der Waals surface area contributed by atoms with Gasteiger partial charge in [0.1, 0.15) is 17.5 Å². The maximum atomic E-state index is 14.3. The Bertz CT molecular complexity index is 1050. The summed E-state index contributed by atoms with van der Waals surface area (Å²) >= 11 is 0.